The largest absolute Gasteiger partial charge is 0.396 e. The number of benzene rings is 1. The van der Waals surface area contributed by atoms with Crippen LogP contribution in [-0.2, 0) is 11.2 Å². The number of hydrogen-bond acceptors (Lipinski definition) is 3. The summed E-state index contributed by atoms with van der Waals surface area (Å²) < 4.78 is 0. The van der Waals surface area contributed by atoms with Crippen LogP contribution in [0, 0.1) is 0 Å². The van der Waals surface area contributed by atoms with Crippen LogP contribution in [0.4, 0.5) is 5.69 Å². The zero-order valence-corrected chi connectivity index (χ0v) is 13.1. The van der Waals surface area contributed by atoms with E-state index in [0.717, 1.165) is 24.1 Å². The van der Waals surface area contributed by atoms with Gasteiger partial charge in [0.2, 0.25) is 5.91 Å². The third-order valence-corrected chi connectivity index (χ3v) is 3.56. The number of nitrogens with one attached hydrogen (secondary N) is 1. The molecule has 0 fully saturated rings. The third-order valence-electron chi connectivity index (χ3n) is 3.56. The van der Waals surface area contributed by atoms with Gasteiger partial charge in [-0.1, -0.05) is 38.8 Å². The van der Waals surface area contributed by atoms with Crippen LogP contribution in [0.25, 0.3) is 0 Å². The molecule has 0 radical (unpaired) electrons. The van der Waals surface area contributed by atoms with Crippen molar-refractivity contribution < 1.29 is 15.0 Å². The van der Waals surface area contributed by atoms with Gasteiger partial charge in [-0.25, -0.2) is 0 Å². The van der Waals surface area contributed by atoms with E-state index in [0.29, 0.717) is 19.3 Å². The Morgan fingerprint density at radius 2 is 1.71 bits per heavy atom. The Balaban J connectivity index is 2.59. The molecule has 0 atom stereocenters. The fraction of sp³-hybridized carbons (Fsp3) is 0.588. The van der Waals surface area contributed by atoms with Gasteiger partial charge in [-0.15, -0.1) is 0 Å². The molecule has 0 bridgehead atoms. The Morgan fingerprint density at radius 1 is 1.14 bits per heavy atom. The average Bonchev–Trinajstić information content (AvgIpc) is 2.41. The Bertz CT molecular complexity index is 422. The highest BCUT2D eigenvalue weighted by Gasteiger charge is 2.28. The van der Waals surface area contributed by atoms with E-state index in [1.165, 1.54) is 0 Å². The van der Waals surface area contributed by atoms with Gasteiger partial charge in [0.15, 0.2) is 0 Å². The highest BCUT2D eigenvalue weighted by molar-refractivity contribution is 5.91. The molecule has 0 aromatic heterocycles. The lowest BCUT2D eigenvalue weighted by Gasteiger charge is -2.26. The molecule has 0 unspecified atom stereocenters. The smallest absolute Gasteiger partial charge is 0.227 e. The molecular formula is C17H27NO3. The highest BCUT2D eigenvalue weighted by Crippen LogP contribution is 2.24. The van der Waals surface area contributed by atoms with Crippen LogP contribution in [0.5, 0.6) is 0 Å². The predicted octanol–water partition coefficient (Wildman–Crippen LogP) is 2.88. The second-order valence-corrected chi connectivity index (χ2v) is 5.62. The fourth-order valence-electron chi connectivity index (χ4n) is 2.62. The number of hydrogen-bond donors (Lipinski definition) is 3. The maximum atomic E-state index is 12.1. The average molecular weight is 293 g/mol. The molecule has 21 heavy (non-hydrogen) atoms. The molecular weight excluding hydrogens is 266 g/mol. The Morgan fingerprint density at radius 3 is 2.19 bits per heavy atom. The van der Waals surface area contributed by atoms with Gasteiger partial charge in [0.05, 0.1) is 12.0 Å². The number of aliphatic hydroxyl groups is 2. The minimum Gasteiger partial charge on any atom is -0.396 e. The zero-order valence-electron chi connectivity index (χ0n) is 13.1. The second-order valence-electron chi connectivity index (χ2n) is 5.62. The summed E-state index contributed by atoms with van der Waals surface area (Å²) in [6.07, 6.45) is 3.75. The van der Waals surface area contributed by atoms with Crippen molar-refractivity contribution in [2.45, 2.75) is 58.0 Å². The molecule has 4 heteroatoms. The number of anilines is 1. The van der Waals surface area contributed by atoms with E-state index in [4.69, 9.17) is 5.11 Å². The van der Waals surface area contributed by atoms with Gasteiger partial charge < -0.3 is 15.5 Å². The topological polar surface area (TPSA) is 69.6 Å². The lowest BCUT2D eigenvalue weighted by molar-refractivity contribution is -0.121. The standard InChI is InChI=1S/C17H27NO3/c1-3-10-17(21,11-4-2)13-16(20)18-15-7-5-14(6-8-15)9-12-19/h5-8,19,21H,3-4,9-13H2,1-2H3,(H,18,20). The van der Waals surface area contributed by atoms with Crippen molar-refractivity contribution in [3.8, 4) is 0 Å². The van der Waals surface area contributed by atoms with Gasteiger partial charge in [-0.2, -0.15) is 0 Å². The van der Waals surface area contributed by atoms with Gasteiger partial charge in [-0.3, -0.25) is 4.79 Å². The quantitative estimate of drug-likeness (QED) is 0.655. The summed E-state index contributed by atoms with van der Waals surface area (Å²) in [5, 5.41) is 22.2. The number of amides is 1. The first-order valence-corrected chi connectivity index (χ1v) is 7.75. The van der Waals surface area contributed by atoms with Gasteiger partial charge >= 0.3 is 0 Å². The summed E-state index contributed by atoms with van der Waals surface area (Å²) in [6.45, 7) is 4.14. The van der Waals surface area contributed by atoms with Crippen LogP contribution in [0.3, 0.4) is 0 Å². The minimum absolute atomic E-state index is 0.118. The Kier molecular flexibility index (Phi) is 7.40. The number of aliphatic hydroxyl groups excluding tert-OH is 1. The van der Waals surface area contributed by atoms with Crippen LogP contribution in [0.1, 0.15) is 51.5 Å². The summed E-state index contributed by atoms with van der Waals surface area (Å²) in [4.78, 5) is 12.1. The molecule has 0 aliphatic carbocycles. The summed E-state index contributed by atoms with van der Waals surface area (Å²) in [6, 6.07) is 7.41. The molecule has 0 aliphatic heterocycles. The predicted molar refractivity (Wildman–Crippen MR) is 85.2 cm³/mol. The van der Waals surface area contributed by atoms with Crippen molar-refractivity contribution in [1.82, 2.24) is 0 Å². The monoisotopic (exact) mass is 293 g/mol. The maximum absolute atomic E-state index is 12.1. The maximum Gasteiger partial charge on any atom is 0.227 e. The van der Waals surface area contributed by atoms with E-state index < -0.39 is 5.60 Å². The Labute approximate surface area is 127 Å². The molecule has 4 nitrogen and oxygen atoms in total. The van der Waals surface area contributed by atoms with Gasteiger partial charge in [0.25, 0.3) is 0 Å². The third kappa shape index (κ3) is 6.27. The van der Waals surface area contributed by atoms with Gasteiger partial charge in [-0.05, 0) is 37.0 Å². The molecule has 1 aromatic carbocycles. The van der Waals surface area contributed by atoms with Crippen molar-refractivity contribution in [3.63, 3.8) is 0 Å². The minimum atomic E-state index is -0.898. The first-order valence-electron chi connectivity index (χ1n) is 7.75. The van der Waals surface area contributed by atoms with Crippen molar-refractivity contribution >= 4 is 11.6 Å². The molecule has 3 N–H and O–H groups in total. The van der Waals surface area contributed by atoms with Crippen molar-refractivity contribution in [3.05, 3.63) is 29.8 Å². The molecule has 1 rings (SSSR count). The first kappa shape index (κ1) is 17.7. The van der Waals surface area contributed by atoms with Crippen LogP contribution < -0.4 is 5.32 Å². The summed E-state index contributed by atoms with van der Waals surface area (Å²) >= 11 is 0. The van der Waals surface area contributed by atoms with Crippen LogP contribution in [0.2, 0.25) is 0 Å². The van der Waals surface area contributed by atoms with E-state index in [9.17, 15) is 9.90 Å². The number of carbonyl (C=O) groups is 1. The Hall–Kier alpha value is -1.39. The molecule has 0 saturated heterocycles. The summed E-state index contributed by atoms with van der Waals surface area (Å²) in [7, 11) is 0. The molecule has 0 heterocycles. The molecule has 1 amide bonds. The van der Waals surface area contributed by atoms with E-state index >= 15 is 0 Å². The van der Waals surface area contributed by atoms with E-state index in [1.807, 2.05) is 38.1 Å². The van der Waals surface area contributed by atoms with Crippen molar-refractivity contribution in [2.24, 2.45) is 0 Å². The highest BCUT2D eigenvalue weighted by atomic mass is 16.3. The summed E-state index contributed by atoms with van der Waals surface area (Å²) in [5.74, 6) is -0.158. The molecule has 118 valence electrons. The zero-order chi connectivity index (χ0) is 15.7. The van der Waals surface area contributed by atoms with E-state index in [1.54, 1.807) is 0 Å². The number of rotatable bonds is 9. The fourth-order valence-corrected chi connectivity index (χ4v) is 2.62. The van der Waals surface area contributed by atoms with Gasteiger partial charge in [0, 0.05) is 12.3 Å². The number of carbonyl (C=O) groups excluding carboxylic acids is 1. The SMILES string of the molecule is CCCC(O)(CCC)CC(=O)Nc1ccc(CCO)cc1. The van der Waals surface area contributed by atoms with Gasteiger partial charge in [0.1, 0.15) is 0 Å². The van der Waals surface area contributed by atoms with Crippen LogP contribution in [0.15, 0.2) is 24.3 Å². The molecule has 0 aliphatic rings. The van der Waals surface area contributed by atoms with E-state index in [2.05, 4.69) is 5.32 Å². The molecule has 1 aromatic rings. The lowest BCUT2D eigenvalue weighted by atomic mass is 9.89. The molecule has 0 saturated carbocycles. The van der Waals surface area contributed by atoms with Crippen LogP contribution >= 0.6 is 0 Å². The first-order chi connectivity index (χ1) is 10.0. The summed E-state index contributed by atoms with van der Waals surface area (Å²) in [5.41, 5.74) is 0.853. The second kappa shape index (κ2) is 8.80. The molecule has 0 spiro atoms. The van der Waals surface area contributed by atoms with Crippen LogP contribution in [-0.4, -0.2) is 28.3 Å². The van der Waals surface area contributed by atoms with Crippen molar-refractivity contribution in [1.29, 1.82) is 0 Å². The normalized spacial score (nSPS) is 11.4. The van der Waals surface area contributed by atoms with Crippen molar-refractivity contribution in [2.75, 3.05) is 11.9 Å². The van der Waals surface area contributed by atoms with E-state index in [-0.39, 0.29) is 18.9 Å². The lowest BCUT2D eigenvalue weighted by Crippen LogP contribution is -2.33.